The van der Waals surface area contributed by atoms with E-state index in [1.807, 2.05) is 0 Å². The van der Waals surface area contributed by atoms with Gasteiger partial charge in [-0.15, -0.1) is 0 Å². The Bertz CT molecular complexity index is 529. The van der Waals surface area contributed by atoms with Crippen molar-refractivity contribution in [1.82, 2.24) is 20.9 Å². The van der Waals surface area contributed by atoms with Crippen molar-refractivity contribution >= 4 is 17.7 Å². The molecule has 0 saturated carbocycles. The second-order valence-electron chi connectivity index (χ2n) is 8.40. The highest BCUT2D eigenvalue weighted by Gasteiger charge is 2.15. The highest BCUT2D eigenvalue weighted by atomic mass is 16.3. The average molecular weight is 461 g/mol. The van der Waals surface area contributed by atoms with Gasteiger partial charge >= 0.3 is 0 Å². The number of unbranched alkanes of at least 4 members (excludes halogenated alkanes) is 1. The molecule has 32 heavy (non-hydrogen) atoms. The molecule has 10 heteroatoms. The summed E-state index contributed by atoms with van der Waals surface area (Å²) in [5, 5.41) is 36.7. The number of hydrogen-bond acceptors (Lipinski definition) is 7. The van der Waals surface area contributed by atoms with Crippen LogP contribution in [0.3, 0.4) is 0 Å². The third-order valence-electron chi connectivity index (χ3n) is 4.60. The van der Waals surface area contributed by atoms with Gasteiger partial charge in [0.25, 0.3) is 0 Å². The molecule has 0 aliphatic heterocycles. The molecule has 0 radical (unpaired) electrons. The van der Waals surface area contributed by atoms with E-state index in [4.69, 9.17) is 5.11 Å². The van der Waals surface area contributed by atoms with Gasteiger partial charge in [-0.25, -0.2) is 0 Å². The molecule has 0 spiro atoms. The van der Waals surface area contributed by atoms with E-state index in [0.29, 0.717) is 32.6 Å². The van der Waals surface area contributed by atoms with Crippen LogP contribution in [0.4, 0.5) is 0 Å². The zero-order valence-electron chi connectivity index (χ0n) is 19.9. The molecule has 0 aliphatic rings. The number of aliphatic hydroxyl groups is 3. The molecule has 3 amide bonds. The molecule has 0 bridgehead atoms. The molecular weight excluding hydrogens is 416 g/mol. The fourth-order valence-corrected chi connectivity index (χ4v) is 3.04. The molecule has 0 aromatic heterocycles. The lowest BCUT2D eigenvalue weighted by molar-refractivity contribution is -0.133. The van der Waals surface area contributed by atoms with Crippen molar-refractivity contribution in [2.45, 2.75) is 84.0 Å². The SMILES string of the molecule is C[C@@H](O)CC(=O)NCCCNCCCCN(CCCNC(=O)C[C@@H](C)O)C(=O)C[C@@H](C)O. The van der Waals surface area contributed by atoms with Gasteiger partial charge < -0.3 is 36.2 Å². The van der Waals surface area contributed by atoms with E-state index in [1.54, 1.807) is 25.7 Å². The molecule has 10 nitrogen and oxygen atoms in total. The molecule has 0 aromatic carbocycles. The lowest BCUT2D eigenvalue weighted by Crippen LogP contribution is -2.37. The van der Waals surface area contributed by atoms with Crippen molar-refractivity contribution in [3.63, 3.8) is 0 Å². The van der Waals surface area contributed by atoms with Crippen LogP contribution < -0.4 is 16.0 Å². The van der Waals surface area contributed by atoms with Crippen molar-refractivity contribution in [3.8, 4) is 0 Å². The van der Waals surface area contributed by atoms with E-state index in [9.17, 15) is 24.6 Å². The van der Waals surface area contributed by atoms with E-state index in [0.717, 1.165) is 32.4 Å². The molecule has 0 aromatic rings. The highest BCUT2D eigenvalue weighted by molar-refractivity contribution is 5.77. The topological polar surface area (TPSA) is 151 Å². The van der Waals surface area contributed by atoms with Crippen molar-refractivity contribution < 1.29 is 29.7 Å². The van der Waals surface area contributed by atoms with Crippen LogP contribution in [0.5, 0.6) is 0 Å². The molecular formula is C22H44N4O6. The van der Waals surface area contributed by atoms with Gasteiger partial charge in [-0.05, 0) is 59.5 Å². The summed E-state index contributed by atoms with van der Waals surface area (Å²) in [5.41, 5.74) is 0. The summed E-state index contributed by atoms with van der Waals surface area (Å²) in [6.07, 6.45) is 1.36. The van der Waals surface area contributed by atoms with Gasteiger partial charge in [0.1, 0.15) is 0 Å². The Morgan fingerprint density at radius 1 is 0.656 bits per heavy atom. The van der Waals surface area contributed by atoms with Gasteiger partial charge in [0.05, 0.1) is 37.6 Å². The van der Waals surface area contributed by atoms with Gasteiger partial charge in [-0.1, -0.05) is 0 Å². The van der Waals surface area contributed by atoms with Crippen LogP contribution in [0.1, 0.15) is 65.7 Å². The number of aliphatic hydroxyl groups excluding tert-OH is 3. The molecule has 188 valence electrons. The van der Waals surface area contributed by atoms with Gasteiger partial charge in [0.2, 0.25) is 17.7 Å². The van der Waals surface area contributed by atoms with Crippen molar-refractivity contribution in [1.29, 1.82) is 0 Å². The van der Waals surface area contributed by atoms with Crippen LogP contribution in [0, 0.1) is 0 Å². The van der Waals surface area contributed by atoms with E-state index < -0.39 is 18.3 Å². The summed E-state index contributed by atoms with van der Waals surface area (Å²) in [6, 6.07) is 0. The summed E-state index contributed by atoms with van der Waals surface area (Å²) in [5.74, 6) is -0.462. The third kappa shape index (κ3) is 19.0. The maximum atomic E-state index is 12.4. The summed E-state index contributed by atoms with van der Waals surface area (Å²) in [6.45, 7) is 8.38. The standard InChI is InChI=1S/C22H44N4O6/c1-17(27)14-20(30)24-10-6-9-23-8-4-5-12-26(22(32)16-19(3)29)13-7-11-25-21(31)15-18(2)28/h17-19,23,27-29H,4-16H2,1-3H3,(H,24,30)(H,25,31)/t17-,18-,19-/m1/s1. The molecule has 0 fully saturated rings. The molecule has 6 N–H and O–H groups in total. The van der Waals surface area contributed by atoms with Crippen LogP contribution in [-0.2, 0) is 14.4 Å². The first-order valence-electron chi connectivity index (χ1n) is 11.7. The minimum atomic E-state index is -0.696. The zero-order chi connectivity index (χ0) is 24.4. The van der Waals surface area contributed by atoms with Crippen LogP contribution in [0.15, 0.2) is 0 Å². The Kier molecular flexibility index (Phi) is 17.8. The molecule has 0 rings (SSSR count). The zero-order valence-corrected chi connectivity index (χ0v) is 19.9. The van der Waals surface area contributed by atoms with E-state index in [2.05, 4.69) is 16.0 Å². The van der Waals surface area contributed by atoms with Gasteiger partial charge in [0.15, 0.2) is 0 Å². The number of carbonyl (C=O) groups excluding carboxylic acids is 3. The number of rotatable bonds is 19. The molecule has 0 saturated heterocycles. The quantitative estimate of drug-likeness (QED) is 0.142. The molecule has 0 heterocycles. The number of amides is 3. The van der Waals surface area contributed by atoms with E-state index in [-0.39, 0.29) is 37.0 Å². The maximum Gasteiger partial charge on any atom is 0.225 e. The monoisotopic (exact) mass is 460 g/mol. The normalized spacial score (nSPS) is 13.8. The number of nitrogens with one attached hydrogen (secondary N) is 3. The first-order valence-corrected chi connectivity index (χ1v) is 11.7. The smallest absolute Gasteiger partial charge is 0.225 e. The fraction of sp³-hybridized carbons (Fsp3) is 0.864. The summed E-state index contributed by atoms with van der Waals surface area (Å²) >= 11 is 0. The Morgan fingerprint density at radius 3 is 1.66 bits per heavy atom. The molecule has 0 unspecified atom stereocenters. The summed E-state index contributed by atoms with van der Waals surface area (Å²) in [4.78, 5) is 37.1. The fourth-order valence-electron chi connectivity index (χ4n) is 3.04. The Labute approximate surface area is 192 Å². The molecule has 3 atom stereocenters. The Balaban J connectivity index is 4.01. The first kappa shape index (κ1) is 30.2. The first-order chi connectivity index (χ1) is 15.1. The van der Waals surface area contributed by atoms with E-state index >= 15 is 0 Å². The number of carbonyl (C=O) groups is 3. The minimum Gasteiger partial charge on any atom is -0.393 e. The predicted molar refractivity (Wildman–Crippen MR) is 123 cm³/mol. The maximum absolute atomic E-state index is 12.4. The number of hydrogen-bond donors (Lipinski definition) is 6. The van der Waals surface area contributed by atoms with Gasteiger partial charge in [0, 0.05) is 26.2 Å². The predicted octanol–water partition coefficient (Wildman–Crippen LogP) is -0.490. The Hall–Kier alpha value is -1.75. The van der Waals surface area contributed by atoms with Gasteiger partial charge in [-0.3, -0.25) is 14.4 Å². The lowest BCUT2D eigenvalue weighted by Gasteiger charge is -2.23. The van der Waals surface area contributed by atoms with Crippen LogP contribution in [0.2, 0.25) is 0 Å². The van der Waals surface area contributed by atoms with Crippen molar-refractivity contribution in [2.75, 3.05) is 39.3 Å². The van der Waals surface area contributed by atoms with E-state index in [1.165, 1.54) is 0 Å². The average Bonchev–Trinajstić information content (AvgIpc) is 2.66. The van der Waals surface area contributed by atoms with Crippen LogP contribution >= 0.6 is 0 Å². The molecule has 0 aliphatic carbocycles. The van der Waals surface area contributed by atoms with Crippen molar-refractivity contribution in [2.24, 2.45) is 0 Å². The van der Waals surface area contributed by atoms with Crippen molar-refractivity contribution in [3.05, 3.63) is 0 Å². The minimum absolute atomic E-state index is 0.0614. The summed E-state index contributed by atoms with van der Waals surface area (Å²) in [7, 11) is 0. The van der Waals surface area contributed by atoms with Crippen LogP contribution in [-0.4, -0.2) is 95.5 Å². The largest absolute Gasteiger partial charge is 0.393 e. The third-order valence-corrected chi connectivity index (χ3v) is 4.60. The lowest BCUT2D eigenvalue weighted by atomic mass is 10.2. The second kappa shape index (κ2) is 18.8. The Morgan fingerprint density at radius 2 is 1.12 bits per heavy atom. The second-order valence-corrected chi connectivity index (χ2v) is 8.40. The summed E-state index contributed by atoms with van der Waals surface area (Å²) < 4.78 is 0. The van der Waals surface area contributed by atoms with Crippen LogP contribution in [0.25, 0.3) is 0 Å². The number of nitrogens with zero attached hydrogens (tertiary/aromatic N) is 1. The van der Waals surface area contributed by atoms with Gasteiger partial charge in [-0.2, -0.15) is 0 Å². The highest BCUT2D eigenvalue weighted by Crippen LogP contribution is 2.03.